The third-order valence-corrected chi connectivity index (χ3v) is 5.50. The molecule has 0 saturated heterocycles. The molecule has 0 radical (unpaired) electrons. The summed E-state index contributed by atoms with van der Waals surface area (Å²) in [4.78, 5) is 34.8. The standard InChI is InChI=1S/C22H19F5N2O5/c1-20(22(25,26)27,17(30)28-11-21(23,24)18(31)32)29-19(33)34-10-16-14-8-4-2-6-12(14)13-7-3-5-9-15(13)16/h2-9,16H,10-11H2,1H3,(H,28,30)(H,29,33)(H,31,32). The second-order valence-electron chi connectivity index (χ2n) is 7.77. The second kappa shape index (κ2) is 8.92. The molecule has 0 heterocycles. The minimum atomic E-state index is -5.42. The van der Waals surface area contributed by atoms with Crippen LogP contribution in [0.1, 0.15) is 24.0 Å². The Morgan fingerprint density at radius 2 is 1.44 bits per heavy atom. The van der Waals surface area contributed by atoms with Crippen molar-refractivity contribution in [1.82, 2.24) is 10.6 Å². The lowest BCUT2D eigenvalue weighted by Crippen LogP contribution is -2.66. The molecular weight excluding hydrogens is 467 g/mol. The van der Waals surface area contributed by atoms with Crippen molar-refractivity contribution in [3.63, 3.8) is 0 Å². The largest absolute Gasteiger partial charge is 0.477 e. The van der Waals surface area contributed by atoms with Crippen LogP contribution < -0.4 is 10.6 Å². The molecule has 0 fully saturated rings. The highest BCUT2D eigenvalue weighted by Crippen LogP contribution is 2.44. The number of hydrogen-bond donors (Lipinski definition) is 3. The molecule has 1 atom stereocenters. The van der Waals surface area contributed by atoms with Crippen LogP contribution in [0.15, 0.2) is 48.5 Å². The maximum atomic E-state index is 13.6. The van der Waals surface area contributed by atoms with Crippen LogP contribution in [-0.2, 0) is 14.3 Å². The first-order valence-corrected chi connectivity index (χ1v) is 9.87. The molecule has 0 bridgehead atoms. The Bertz CT molecular complexity index is 1080. The van der Waals surface area contributed by atoms with Gasteiger partial charge in [0.25, 0.3) is 5.91 Å². The molecule has 0 aliphatic heterocycles. The molecule has 3 rings (SSSR count). The van der Waals surface area contributed by atoms with Gasteiger partial charge in [-0.15, -0.1) is 0 Å². The number of nitrogens with one attached hydrogen (secondary N) is 2. The Balaban J connectivity index is 1.73. The Labute approximate surface area is 189 Å². The Morgan fingerprint density at radius 1 is 0.941 bits per heavy atom. The van der Waals surface area contributed by atoms with Gasteiger partial charge in [0.1, 0.15) is 6.61 Å². The summed E-state index contributed by atoms with van der Waals surface area (Å²) in [6, 6.07) is 14.4. The van der Waals surface area contributed by atoms with Gasteiger partial charge in [0.15, 0.2) is 0 Å². The van der Waals surface area contributed by atoms with Crippen LogP contribution in [0, 0.1) is 0 Å². The molecule has 7 nitrogen and oxygen atoms in total. The lowest BCUT2D eigenvalue weighted by molar-refractivity contribution is -0.195. The number of halogens is 5. The monoisotopic (exact) mass is 486 g/mol. The molecule has 182 valence electrons. The normalized spacial score (nSPS) is 15.0. The molecule has 3 N–H and O–H groups in total. The number of alkyl carbamates (subject to hydrolysis) is 1. The summed E-state index contributed by atoms with van der Waals surface area (Å²) in [7, 11) is 0. The molecule has 0 saturated carbocycles. The third kappa shape index (κ3) is 4.66. The van der Waals surface area contributed by atoms with E-state index in [1.165, 1.54) is 10.6 Å². The topological polar surface area (TPSA) is 105 Å². The van der Waals surface area contributed by atoms with Gasteiger partial charge in [-0.3, -0.25) is 10.1 Å². The minimum Gasteiger partial charge on any atom is -0.477 e. The van der Waals surface area contributed by atoms with Crippen molar-refractivity contribution in [2.75, 3.05) is 13.2 Å². The number of hydrogen-bond acceptors (Lipinski definition) is 4. The molecule has 1 aliphatic carbocycles. The summed E-state index contributed by atoms with van der Waals surface area (Å²) >= 11 is 0. The van der Waals surface area contributed by atoms with E-state index >= 15 is 0 Å². The van der Waals surface area contributed by atoms with Gasteiger partial charge >= 0.3 is 24.2 Å². The quantitative estimate of drug-likeness (QED) is 0.518. The maximum Gasteiger partial charge on any atom is 0.420 e. The molecule has 12 heteroatoms. The lowest BCUT2D eigenvalue weighted by atomic mass is 9.98. The van der Waals surface area contributed by atoms with Gasteiger partial charge in [-0.05, 0) is 29.2 Å². The number of rotatable bonds is 7. The van der Waals surface area contributed by atoms with Gasteiger partial charge in [0.05, 0.1) is 6.54 Å². The number of benzene rings is 2. The van der Waals surface area contributed by atoms with Crippen molar-refractivity contribution in [3.8, 4) is 11.1 Å². The molecule has 0 aromatic heterocycles. The van der Waals surface area contributed by atoms with Crippen molar-refractivity contribution >= 4 is 18.0 Å². The van der Waals surface area contributed by atoms with E-state index in [9.17, 15) is 36.3 Å². The fraction of sp³-hybridized carbons (Fsp3) is 0.318. The molecule has 1 unspecified atom stereocenters. The number of amides is 2. The number of carboxylic acid groups (broad SMARTS) is 1. The van der Waals surface area contributed by atoms with Gasteiger partial charge in [-0.25, -0.2) is 9.59 Å². The number of aliphatic carboxylic acids is 1. The summed E-state index contributed by atoms with van der Waals surface area (Å²) in [5, 5.41) is 11.0. The van der Waals surface area contributed by atoms with Gasteiger partial charge < -0.3 is 15.2 Å². The summed E-state index contributed by atoms with van der Waals surface area (Å²) < 4.78 is 72.1. The molecular formula is C22H19F5N2O5. The SMILES string of the molecule is CC(NC(=O)OCC1c2ccccc2-c2ccccc21)(C(=O)NCC(F)(F)C(=O)O)C(F)(F)F. The molecule has 1 aliphatic rings. The van der Waals surface area contributed by atoms with Gasteiger partial charge in [0.2, 0.25) is 5.54 Å². The van der Waals surface area contributed by atoms with Crippen LogP contribution in [0.25, 0.3) is 11.1 Å². The van der Waals surface area contributed by atoms with E-state index in [0.29, 0.717) is 0 Å². The molecule has 34 heavy (non-hydrogen) atoms. The highest BCUT2D eigenvalue weighted by Gasteiger charge is 2.59. The van der Waals surface area contributed by atoms with E-state index < -0.39 is 48.1 Å². The number of alkyl halides is 5. The van der Waals surface area contributed by atoms with E-state index in [4.69, 9.17) is 9.84 Å². The number of carbonyl (C=O) groups excluding carboxylic acids is 2. The first kappa shape index (κ1) is 24.9. The Morgan fingerprint density at radius 3 is 1.91 bits per heavy atom. The predicted octanol–water partition coefficient (Wildman–Crippen LogP) is 3.68. The minimum absolute atomic E-state index is 0.253. The highest BCUT2D eigenvalue weighted by atomic mass is 19.4. The fourth-order valence-corrected chi connectivity index (χ4v) is 3.54. The van der Waals surface area contributed by atoms with Crippen LogP contribution in [0.3, 0.4) is 0 Å². The summed E-state index contributed by atoms with van der Waals surface area (Å²) in [5.74, 6) is -9.69. The van der Waals surface area contributed by atoms with Crippen LogP contribution in [0.2, 0.25) is 0 Å². The lowest BCUT2D eigenvalue weighted by Gasteiger charge is -2.31. The van der Waals surface area contributed by atoms with Gasteiger partial charge in [-0.1, -0.05) is 48.5 Å². The smallest absolute Gasteiger partial charge is 0.420 e. The fourth-order valence-electron chi connectivity index (χ4n) is 3.54. The molecule has 0 spiro atoms. The highest BCUT2D eigenvalue weighted by molar-refractivity contribution is 5.91. The van der Waals surface area contributed by atoms with Crippen molar-refractivity contribution in [2.45, 2.75) is 30.5 Å². The number of carbonyl (C=O) groups is 3. The van der Waals surface area contributed by atoms with Crippen molar-refractivity contribution in [1.29, 1.82) is 0 Å². The van der Waals surface area contributed by atoms with E-state index in [0.717, 1.165) is 22.3 Å². The van der Waals surface area contributed by atoms with Crippen LogP contribution in [0.5, 0.6) is 0 Å². The predicted molar refractivity (Wildman–Crippen MR) is 108 cm³/mol. The second-order valence-corrected chi connectivity index (χ2v) is 7.77. The van der Waals surface area contributed by atoms with E-state index in [1.807, 2.05) is 24.3 Å². The van der Waals surface area contributed by atoms with Gasteiger partial charge in [0, 0.05) is 5.92 Å². The van der Waals surface area contributed by atoms with Crippen molar-refractivity contribution < 1.29 is 46.2 Å². The number of ether oxygens (including phenoxy) is 1. The van der Waals surface area contributed by atoms with E-state index in [1.54, 1.807) is 24.3 Å². The van der Waals surface area contributed by atoms with E-state index in [-0.39, 0.29) is 13.5 Å². The zero-order valence-electron chi connectivity index (χ0n) is 17.6. The average molecular weight is 486 g/mol. The van der Waals surface area contributed by atoms with Crippen molar-refractivity contribution in [2.24, 2.45) is 0 Å². The zero-order valence-corrected chi connectivity index (χ0v) is 17.6. The first-order valence-electron chi connectivity index (χ1n) is 9.87. The Kier molecular flexibility index (Phi) is 6.54. The third-order valence-electron chi connectivity index (χ3n) is 5.50. The maximum absolute atomic E-state index is 13.6. The number of carboxylic acids is 1. The summed E-state index contributed by atoms with van der Waals surface area (Å²) in [6.45, 7) is -2.01. The molecule has 2 amide bonds. The van der Waals surface area contributed by atoms with Crippen LogP contribution >= 0.6 is 0 Å². The number of fused-ring (bicyclic) bond motifs is 3. The zero-order chi connectivity index (χ0) is 25.3. The van der Waals surface area contributed by atoms with Gasteiger partial charge in [-0.2, -0.15) is 22.0 Å². The van der Waals surface area contributed by atoms with Crippen LogP contribution in [-0.4, -0.2) is 53.9 Å². The van der Waals surface area contributed by atoms with Crippen LogP contribution in [0.4, 0.5) is 26.7 Å². The average Bonchev–Trinajstić information content (AvgIpc) is 3.09. The summed E-state index contributed by atoms with van der Waals surface area (Å²) in [5.41, 5.74) is -0.311. The Hall–Kier alpha value is -3.70. The molecule has 2 aromatic rings. The van der Waals surface area contributed by atoms with E-state index in [2.05, 4.69) is 0 Å². The van der Waals surface area contributed by atoms with Crippen molar-refractivity contribution in [3.05, 3.63) is 59.7 Å². The summed E-state index contributed by atoms with van der Waals surface area (Å²) in [6.07, 6.45) is -7.02. The molecule has 2 aromatic carbocycles. The first-order chi connectivity index (χ1) is 15.8.